The van der Waals surface area contributed by atoms with E-state index in [2.05, 4.69) is 21.2 Å². The van der Waals surface area contributed by atoms with Gasteiger partial charge in [0.25, 0.3) is 0 Å². The predicted molar refractivity (Wildman–Crippen MR) is 85.5 cm³/mol. The van der Waals surface area contributed by atoms with Crippen LogP contribution in [0, 0.1) is 11.6 Å². The molecule has 0 atom stereocenters. The lowest BCUT2D eigenvalue weighted by molar-refractivity contribution is -0.117. The van der Waals surface area contributed by atoms with Crippen molar-refractivity contribution in [3.8, 4) is 0 Å². The monoisotopic (exact) mass is 368 g/mol. The Morgan fingerprint density at radius 2 is 1.91 bits per heavy atom. The van der Waals surface area contributed by atoms with Gasteiger partial charge in [0.2, 0.25) is 5.91 Å². The third-order valence-corrected chi connectivity index (χ3v) is 3.79. The molecule has 2 aromatic carbocycles. The third kappa shape index (κ3) is 4.61. The molecule has 116 valence electrons. The van der Waals surface area contributed by atoms with Crippen molar-refractivity contribution in [2.45, 2.75) is 6.54 Å². The number of rotatable bonds is 5. The number of carbonyl (C=O) groups is 1. The van der Waals surface area contributed by atoms with Gasteiger partial charge < -0.3 is 5.32 Å². The summed E-state index contributed by atoms with van der Waals surface area (Å²) in [4.78, 5) is 13.7. The normalized spacial score (nSPS) is 10.8. The van der Waals surface area contributed by atoms with Crippen LogP contribution in [0.4, 0.5) is 14.5 Å². The van der Waals surface area contributed by atoms with E-state index in [9.17, 15) is 13.6 Å². The van der Waals surface area contributed by atoms with Crippen molar-refractivity contribution >= 4 is 27.5 Å². The highest BCUT2D eigenvalue weighted by molar-refractivity contribution is 9.10. The first-order valence-electron chi connectivity index (χ1n) is 6.62. The molecule has 22 heavy (non-hydrogen) atoms. The molecule has 2 aromatic rings. The van der Waals surface area contributed by atoms with Gasteiger partial charge in [-0.15, -0.1) is 0 Å². The molecule has 2 rings (SSSR count). The minimum absolute atomic E-state index is 0.139. The van der Waals surface area contributed by atoms with Crippen LogP contribution in [0.1, 0.15) is 5.56 Å². The summed E-state index contributed by atoms with van der Waals surface area (Å²) in [6.45, 7) is 0.729. The first-order valence-corrected chi connectivity index (χ1v) is 7.42. The van der Waals surface area contributed by atoms with E-state index in [1.54, 1.807) is 0 Å². The second-order valence-corrected chi connectivity index (χ2v) is 5.80. The Balaban J connectivity index is 1.91. The largest absolute Gasteiger partial charge is 0.325 e. The van der Waals surface area contributed by atoms with Gasteiger partial charge in [-0.2, -0.15) is 0 Å². The van der Waals surface area contributed by atoms with Crippen LogP contribution in [0.2, 0.25) is 0 Å². The molecule has 0 unspecified atom stereocenters. The van der Waals surface area contributed by atoms with Gasteiger partial charge in [0.15, 0.2) is 11.6 Å². The van der Waals surface area contributed by atoms with Crippen LogP contribution in [-0.4, -0.2) is 24.4 Å². The number of nitrogens with one attached hydrogen (secondary N) is 1. The lowest BCUT2D eigenvalue weighted by atomic mass is 10.2. The lowest BCUT2D eigenvalue weighted by Gasteiger charge is -2.17. The second kappa shape index (κ2) is 7.47. The van der Waals surface area contributed by atoms with E-state index in [0.29, 0.717) is 6.54 Å². The summed E-state index contributed by atoms with van der Waals surface area (Å²) >= 11 is 3.46. The summed E-state index contributed by atoms with van der Waals surface area (Å²) in [5.74, 6) is -2.22. The molecule has 1 N–H and O–H groups in total. The average molecular weight is 369 g/mol. The van der Waals surface area contributed by atoms with E-state index in [1.807, 2.05) is 36.2 Å². The van der Waals surface area contributed by atoms with E-state index in [0.717, 1.165) is 22.2 Å². The Kier molecular flexibility index (Phi) is 5.63. The van der Waals surface area contributed by atoms with Crippen molar-refractivity contribution in [3.63, 3.8) is 0 Å². The quantitative estimate of drug-likeness (QED) is 0.870. The van der Waals surface area contributed by atoms with E-state index >= 15 is 0 Å². The van der Waals surface area contributed by atoms with Gasteiger partial charge in [-0.05, 0) is 30.8 Å². The van der Waals surface area contributed by atoms with Crippen LogP contribution in [0.3, 0.4) is 0 Å². The number of likely N-dealkylation sites (N-methyl/N-ethyl adjacent to an activating group) is 1. The fraction of sp³-hybridized carbons (Fsp3) is 0.188. The molecule has 0 radical (unpaired) electrons. The van der Waals surface area contributed by atoms with Gasteiger partial charge in [0.05, 0.1) is 6.54 Å². The second-order valence-electron chi connectivity index (χ2n) is 4.94. The molecule has 0 aromatic heterocycles. The molecule has 0 aliphatic rings. The number of halogens is 3. The first kappa shape index (κ1) is 16.6. The zero-order valence-electron chi connectivity index (χ0n) is 11.9. The van der Waals surface area contributed by atoms with E-state index < -0.39 is 11.6 Å². The maximum Gasteiger partial charge on any atom is 0.238 e. The SMILES string of the molecule is CN(CC(=O)Nc1ccc(F)c(F)c1)Cc1ccccc1Br. The Morgan fingerprint density at radius 1 is 1.18 bits per heavy atom. The number of amides is 1. The van der Waals surface area contributed by atoms with Gasteiger partial charge >= 0.3 is 0 Å². The zero-order chi connectivity index (χ0) is 16.1. The summed E-state index contributed by atoms with van der Waals surface area (Å²) in [7, 11) is 1.81. The average Bonchev–Trinajstić information content (AvgIpc) is 2.45. The summed E-state index contributed by atoms with van der Waals surface area (Å²) in [5.41, 5.74) is 1.30. The van der Waals surface area contributed by atoms with Crippen molar-refractivity contribution in [3.05, 3.63) is 64.1 Å². The van der Waals surface area contributed by atoms with Gasteiger partial charge in [0, 0.05) is 22.8 Å². The van der Waals surface area contributed by atoms with Crippen molar-refractivity contribution in [1.29, 1.82) is 0 Å². The molecular formula is C16H15BrF2N2O. The van der Waals surface area contributed by atoms with E-state index in [4.69, 9.17) is 0 Å². The molecule has 6 heteroatoms. The van der Waals surface area contributed by atoms with Crippen LogP contribution in [0.15, 0.2) is 46.9 Å². The van der Waals surface area contributed by atoms with Gasteiger partial charge in [-0.25, -0.2) is 8.78 Å². The van der Waals surface area contributed by atoms with Crippen LogP contribution < -0.4 is 5.32 Å². The minimum Gasteiger partial charge on any atom is -0.325 e. The van der Waals surface area contributed by atoms with Crippen molar-refractivity contribution < 1.29 is 13.6 Å². The van der Waals surface area contributed by atoms with E-state index in [1.165, 1.54) is 6.07 Å². The number of nitrogens with zero attached hydrogens (tertiary/aromatic N) is 1. The van der Waals surface area contributed by atoms with Gasteiger partial charge in [0.1, 0.15) is 0 Å². The molecule has 0 heterocycles. The topological polar surface area (TPSA) is 32.3 Å². The van der Waals surface area contributed by atoms with Gasteiger partial charge in [-0.3, -0.25) is 9.69 Å². The summed E-state index contributed by atoms with van der Waals surface area (Å²) in [6.07, 6.45) is 0. The van der Waals surface area contributed by atoms with E-state index in [-0.39, 0.29) is 18.1 Å². The number of hydrogen-bond donors (Lipinski definition) is 1. The van der Waals surface area contributed by atoms with Crippen LogP contribution in [0.5, 0.6) is 0 Å². The highest BCUT2D eigenvalue weighted by Crippen LogP contribution is 2.17. The number of hydrogen-bond acceptors (Lipinski definition) is 2. The highest BCUT2D eigenvalue weighted by Gasteiger charge is 2.10. The molecule has 0 fully saturated rings. The van der Waals surface area contributed by atoms with Crippen molar-refractivity contribution in [1.82, 2.24) is 4.90 Å². The molecule has 0 bridgehead atoms. The minimum atomic E-state index is -0.987. The van der Waals surface area contributed by atoms with Crippen LogP contribution in [-0.2, 0) is 11.3 Å². The molecule has 0 aliphatic carbocycles. The van der Waals surface area contributed by atoms with Crippen LogP contribution in [0.25, 0.3) is 0 Å². The molecule has 0 aliphatic heterocycles. The number of benzene rings is 2. The Labute approximate surface area is 136 Å². The molecule has 1 amide bonds. The summed E-state index contributed by atoms with van der Waals surface area (Å²) < 4.78 is 26.9. The molecule has 0 saturated carbocycles. The Morgan fingerprint density at radius 3 is 2.59 bits per heavy atom. The van der Waals surface area contributed by atoms with Gasteiger partial charge in [-0.1, -0.05) is 34.1 Å². The molecule has 3 nitrogen and oxygen atoms in total. The maximum atomic E-state index is 13.1. The molecule has 0 spiro atoms. The Bertz CT molecular complexity index is 679. The summed E-state index contributed by atoms with van der Waals surface area (Å²) in [5, 5.41) is 2.54. The molecule has 0 saturated heterocycles. The van der Waals surface area contributed by atoms with Crippen molar-refractivity contribution in [2.24, 2.45) is 0 Å². The zero-order valence-corrected chi connectivity index (χ0v) is 13.5. The smallest absolute Gasteiger partial charge is 0.238 e. The predicted octanol–water partition coefficient (Wildman–Crippen LogP) is 3.80. The first-order chi connectivity index (χ1) is 10.5. The fourth-order valence-electron chi connectivity index (χ4n) is 1.99. The molecular weight excluding hydrogens is 354 g/mol. The van der Waals surface area contributed by atoms with Crippen LogP contribution >= 0.6 is 15.9 Å². The fourth-order valence-corrected chi connectivity index (χ4v) is 2.40. The summed E-state index contributed by atoms with van der Waals surface area (Å²) in [6, 6.07) is 11.0. The number of anilines is 1. The number of carbonyl (C=O) groups excluding carboxylic acids is 1. The maximum absolute atomic E-state index is 13.1. The third-order valence-electron chi connectivity index (χ3n) is 3.01. The van der Waals surface area contributed by atoms with Crippen molar-refractivity contribution in [2.75, 3.05) is 18.9 Å². The highest BCUT2D eigenvalue weighted by atomic mass is 79.9. The standard InChI is InChI=1S/C16H15BrF2N2O/c1-21(9-11-4-2-3-5-13(11)17)10-16(22)20-12-6-7-14(18)15(19)8-12/h2-8H,9-10H2,1H3,(H,20,22). The lowest BCUT2D eigenvalue weighted by Crippen LogP contribution is -2.30. The Hall–Kier alpha value is -1.79.